The van der Waals surface area contributed by atoms with Crippen LogP contribution in [0, 0.1) is 0 Å². The van der Waals surface area contributed by atoms with Crippen molar-refractivity contribution < 1.29 is 8.42 Å². The van der Waals surface area contributed by atoms with Crippen LogP contribution >= 0.6 is 0 Å². The van der Waals surface area contributed by atoms with Gasteiger partial charge in [0.2, 0.25) is 0 Å². The highest BCUT2D eigenvalue weighted by molar-refractivity contribution is 7.90. The summed E-state index contributed by atoms with van der Waals surface area (Å²) in [5.41, 5.74) is 6.19. The highest BCUT2D eigenvalue weighted by Gasteiger charge is 2.39. The van der Waals surface area contributed by atoms with Gasteiger partial charge in [0.1, 0.15) is 17.7 Å². The molecule has 254 valence electrons. The van der Waals surface area contributed by atoms with Gasteiger partial charge < -0.3 is 4.90 Å². The summed E-state index contributed by atoms with van der Waals surface area (Å²) < 4.78 is 26.9. The minimum atomic E-state index is -3.30. The molecule has 2 aromatic heterocycles. The lowest BCUT2D eigenvalue weighted by molar-refractivity contribution is 0.247. The summed E-state index contributed by atoms with van der Waals surface area (Å²) >= 11 is 0. The molecule has 0 saturated carbocycles. The lowest BCUT2D eigenvalue weighted by Crippen LogP contribution is -2.46. The first-order valence-electron chi connectivity index (χ1n) is 17.1. The SMILES string of the molecule is CS(=O)(=O)c1ccccc1CN1CCN(c2ncnc3ccc(-c4ccn(C(c5ccccc5)(c5ccccc5)c5ccccc5)n4)cc23)CC1. The van der Waals surface area contributed by atoms with E-state index in [2.05, 4.69) is 117 Å². The molecule has 0 aliphatic carbocycles. The summed E-state index contributed by atoms with van der Waals surface area (Å²) in [5, 5.41) is 6.29. The van der Waals surface area contributed by atoms with E-state index < -0.39 is 15.4 Å². The molecule has 8 rings (SSSR count). The third kappa shape index (κ3) is 6.19. The van der Waals surface area contributed by atoms with Crippen molar-refractivity contribution in [3.05, 3.63) is 174 Å². The highest BCUT2D eigenvalue weighted by atomic mass is 32.2. The Morgan fingerprint density at radius 1 is 0.667 bits per heavy atom. The second-order valence-corrected chi connectivity index (χ2v) is 15.0. The van der Waals surface area contributed by atoms with Crippen LogP contribution in [0.25, 0.3) is 22.2 Å². The van der Waals surface area contributed by atoms with Crippen molar-refractivity contribution in [2.75, 3.05) is 37.3 Å². The van der Waals surface area contributed by atoms with Crippen LogP contribution in [-0.2, 0) is 21.9 Å². The van der Waals surface area contributed by atoms with Gasteiger partial charge in [0.15, 0.2) is 9.84 Å². The Bertz CT molecular complexity index is 2290. The number of piperazine rings is 1. The molecule has 1 aliphatic heterocycles. The molecule has 3 heterocycles. The molecule has 1 fully saturated rings. The van der Waals surface area contributed by atoms with Crippen LogP contribution in [-0.4, -0.2) is 65.5 Å². The first kappa shape index (κ1) is 32.6. The van der Waals surface area contributed by atoms with E-state index in [1.54, 1.807) is 18.5 Å². The van der Waals surface area contributed by atoms with Gasteiger partial charge in [0.05, 0.1) is 16.1 Å². The van der Waals surface area contributed by atoms with Gasteiger partial charge in [0.25, 0.3) is 0 Å². The Hall–Kier alpha value is -5.64. The average Bonchev–Trinajstić information content (AvgIpc) is 3.67. The first-order chi connectivity index (χ1) is 24.9. The molecule has 7 aromatic rings. The number of aromatic nitrogens is 4. The predicted octanol–water partition coefficient (Wildman–Crippen LogP) is 7.06. The predicted molar refractivity (Wildman–Crippen MR) is 202 cm³/mol. The van der Waals surface area contributed by atoms with E-state index in [-0.39, 0.29) is 0 Å². The largest absolute Gasteiger partial charge is 0.353 e. The summed E-state index contributed by atoms with van der Waals surface area (Å²) in [6.07, 6.45) is 4.99. The minimum Gasteiger partial charge on any atom is -0.353 e. The second kappa shape index (κ2) is 13.6. The Labute approximate surface area is 298 Å². The zero-order valence-electron chi connectivity index (χ0n) is 28.4. The van der Waals surface area contributed by atoms with Crippen LogP contribution in [0.4, 0.5) is 5.82 Å². The van der Waals surface area contributed by atoms with Crippen molar-refractivity contribution in [1.82, 2.24) is 24.6 Å². The average molecular weight is 691 g/mol. The highest BCUT2D eigenvalue weighted by Crippen LogP contribution is 2.41. The smallest absolute Gasteiger partial charge is 0.175 e. The minimum absolute atomic E-state index is 0.401. The molecule has 0 amide bonds. The number of anilines is 1. The standard InChI is InChI=1S/C42H38N6O2S/c1-51(49,50)40-20-12-11-13-33(40)30-46-25-27-47(28-26-46)41-37-29-32(21-22-39(37)43-31-44-41)38-23-24-48(45-38)42(34-14-5-2-6-15-34,35-16-7-3-8-17-35)36-18-9-4-10-19-36/h2-24,29,31H,25-28,30H2,1H3. The van der Waals surface area contributed by atoms with Crippen LogP contribution in [0.1, 0.15) is 22.3 Å². The van der Waals surface area contributed by atoms with Crippen molar-refractivity contribution in [2.45, 2.75) is 17.0 Å². The maximum absolute atomic E-state index is 12.4. The molecule has 0 radical (unpaired) electrons. The normalized spacial score (nSPS) is 14.2. The molecule has 1 saturated heterocycles. The number of benzene rings is 5. The lowest BCUT2D eigenvalue weighted by Gasteiger charge is -2.36. The summed E-state index contributed by atoms with van der Waals surface area (Å²) in [4.78, 5) is 14.4. The lowest BCUT2D eigenvalue weighted by atomic mass is 9.77. The molecule has 0 spiro atoms. The van der Waals surface area contributed by atoms with Gasteiger partial charge in [-0.15, -0.1) is 0 Å². The van der Waals surface area contributed by atoms with Gasteiger partial charge in [-0.25, -0.2) is 18.4 Å². The van der Waals surface area contributed by atoms with Crippen molar-refractivity contribution in [3.63, 3.8) is 0 Å². The number of fused-ring (bicyclic) bond motifs is 1. The first-order valence-corrected chi connectivity index (χ1v) is 19.0. The summed E-state index contributed by atoms with van der Waals surface area (Å²) in [7, 11) is -3.30. The molecule has 1 aliphatic rings. The van der Waals surface area contributed by atoms with E-state index in [0.29, 0.717) is 11.4 Å². The molecule has 51 heavy (non-hydrogen) atoms. The van der Waals surface area contributed by atoms with Gasteiger partial charge in [0, 0.05) is 56.1 Å². The molecule has 8 nitrogen and oxygen atoms in total. The Morgan fingerprint density at radius 2 is 1.25 bits per heavy atom. The number of nitrogens with zero attached hydrogens (tertiary/aromatic N) is 6. The maximum Gasteiger partial charge on any atom is 0.175 e. The number of rotatable bonds is 9. The summed E-state index contributed by atoms with van der Waals surface area (Å²) in [5.74, 6) is 0.893. The van der Waals surface area contributed by atoms with Crippen LogP contribution < -0.4 is 4.90 Å². The molecule has 0 unspecified atom stereocenters. The summed E-state index contributed by atoms with van der Waals surface area (Å²) in [6, 6.07) is 47.3. The van der Waals surface area contributed by atoms with Crippen LogP contribution in [0.3, 0.4) is 0 Å². The third-order valence-corrected chi connectivity index (χ3v) is 11.1. The van der Waals surface area contributed by atoms with Crippen LogP contribution in [0.2, 0.25) is 0 Å². The monoisotopic (exact) mass is 690 g/mol. The third-order valence-electron chi connectivity index (χ3n) is 9.86. The number of hydrogen-bond donors (Lipinski definition) is 0. The fourth-order valence-corrected chi connectivity index (χ4v) is 8.34. The van der Waals surface area contributed by atoms with E-state index in [1.807, 2.05) is 36.4 Å². The Kier molecular flexibility index (Phi) is 8.67. The van der Waals surface area contributed by atoms with Crippen molar-refractivity contribution >= 4 is 26.6 Å². The van der Waals surface area contributed by atoms with Crippen molar-refractivity contribution in [3.8, 4) is 11.3 Å². The van der Waals surface area contributed by atoms with E-state index in [1.165, 1.54) is 6.26 Å². The molecular weight excluding hydrogens is 653 g/mol. The number of sulfone groups is 1. The van der Waals surface area contributed by atoms with Gasteiger partial charge in [-0.3, -0.25) is 9.58 Å². The molecule has 5 aromatic carbocycles. The van der Waals surface area contributed by atoms with Crippen LogP contribution in [0.5, 0.6) is 0 Å². The second-order valence-electron chi connectivity index (χ2n) is 13.0. The topological polar surface area (TPSA) is 84.2 Å². The molecule has 9 heteroatoms. The van der Waals surface area contributed by atoms with E-state index >= 15 is 0 Å². The van der Waals surface area contributed by atoms with Crippen LogP contribution in [0.15, 0.2) is 157 Å². The van der Waals surface area contributed by atoms with Gasteiger partial charge >= 0.3 is 0 Å². The Balaban J connectivity index is 1.13. The van der Waals surface area contributed by atoms with Gasteiger partial charge in [-0.1, -0.05) is 115 Å². The van der Waals surface area contributed by atoms with Crippen molar-refractivity contribution in [2.24, 2.45) is 0 Å². The molecular formula is C42H38N6O2S. The van der Waals surface area contributed by atoms with E-state index in [9.17, 15) is 8.42 Å². The molecule has 0 atom stereocenters. The zero-order chi connectivity index (χ0) is 34.8. The fraction of sp³-hybridized carbons (Fsp3) is 0.167. The quantitative estimate of drug-likeness (QED) is 0.150. The van der Waals surface area contributed by atoms with Crippen molar-refractivity contribution in [1.29, 1.82) is 0 Å². The number of hydrogen-bond acceptors (Lipinski definition) is 7. The summed E-state index contributed by atoms with van der Waals surface area (Å²) in [6.45, 7) is 3.69. The maximum atomic E-state index is 12.4. The van der Waals surface area contributed by atoms with E-state index in [0.717, 1.165) is 76.4 Å². The zero-order valence-corrected chi connectivity index (χ0v) is 29.2. The fourth-order valence-electron chi connectivity index (χ4n) is 7.41. The van der Waals surface area contributed by atoms with Gasteiger partial charge in [-0.2, -0.15) is 5.10 Å². The molecule has 0 bridgehead atoms. The van der Waals surface area contributed by atoms with Gasteiger partial charge in [-0.05, 0) is 46.5 Å². The molecule has 0 N–H and O–H groups in total. The Morgan fingerprint density at radius 3 is 1.86 bits per heavy atom. The van der Waals surface area contributed by atoms with E-state index in [4.69, 9.17) is 10.1 Å².